The number of benzene rings is 2. The van der Waals surface area contributed by atoms with Crippen LogP contribution in [0.5, 0.6) is 11.5 Å². The van der Waals surface area contributed by atoms with E-state index in [1.807, 2.05) is 12.1 Å². The first kappa shape index (κ1) is 14.0. The van der Waals surface area contributed by atoms with Crippen LogP contribution in [-0.2, 0) is 13.0 Å². The standard InChI is InChI=1S/C18H21NO2/c1-20-17-9-5-7-14(18(17)21-2)11-19-12-15-10-13-6-3-4-8-16(13)15/h3-9,15,19H,10-12H2,1-2H3. The van der Waals surface area contributed by atoms with Crippen LogP contribution in [0.15, 0.2) is 42.5 Å². The molecule has 0 amide bonds. The number of hydrogen-bond acceptors (Lipinski definition) is 3. The molecular formula is C18H21NO2. The molecule has 2 aromatic rings. The Bertz CT molecular complexity index is 624. The van der Waals surface area contributed by atoms with Crippen molar-refractivity contribution < 1.29 is 9.47 Å². The predicted molar refractivity (Wildman–Crippen MR) is 84.1 cm³/mol. The van der Waals surface area contributed by atoms with E-state index >= 15 is 0 Å². The van der Waals surface area contributed by atoms with Crippen molar-refractivity contribution in [3.63, 3.8) is 0 Å². The average molecular weight is 283 g/mol. The normalized spacial score (nSPS) is 16.0. The molecule has 21 heavy (non-hydrogen) atoms. The topological polar surface area (TPSA) is 30.5 Å². The Morgan fingerprint density at radius 2 is 1.90 bits per heavy atom. The van der Waals surface area contributed by atoms with E-state index in [2.05, 4.69) is 35.6 Å². The molecule has 0 saturated carbocycles. The molecule has 3 heteroatoms. The van der Waals surface area contributed by atoms with Crippen molar-refractivity contribution in [2.75, 3.05) is 20.8 Å². The van der Waals surface area contributed by atoms with Gasteiger partial charge in [-0.3, -0.25) is 0 Å². The molecule has 1 aliphatic rings. The van der Waals surface area contributed by atoms with E-state index in [9.17, 15) is 0 Å². The Balaban J connectivity index is 1.60. The summed E-state index contributed by atoms with van der Waals surface area (Å²) in [4.78, 5) is 0. The van der Waals surface area contributed by atoms with Gasteiger partial charge in [-0.1, -0.05) is 36.4 Å². The molecule has 3 rings (SSSR count). The Kier molecular flexibility index (Phi) is 4.11. The molecule has 0 saturated heterocycles. The lowest BCUT2D eigenvalue weighted by Gasteiger charge is -2.30. The third kappa shape index (κ3) is 2.74. The smallest absolute Gasteiger partial charge is 0.165 e. The number of methoxy groups -OCH3 is 2. The second-order valence-corrected chi connectivity index (χ2v) is 5.38. The van der Waals surface area contributed by atoms with E-state index in [-0.39, 0.29) is 0 Å². The van der Waals surface area contributed by atoms with Crippen molar-refractivity contribution >= 4 is 0 Å². The SMILES string of the molecule is COc1cccc(CNCC2Cc3ccccc32)c1OC. The van der Waals surface area contributed by atoms with Crippen molar-refractivity contribution in [1.29, 1.82) is 0 Å². The van der Waals surface area contributed by atoms with Crippen LogP contribution in [0.25, 0.3) is 0 Å². The van der Waals surface area contributed by atoms with Gasteiger partial charge in [-0.25, -0.2) is 0 Å². The Morgan fingerprint density at radius 1 is 1.05 bits per heavy atom. The molecule has 3 nitrogen and oxygen atoms in total. The predicted octanol–water partition coefficient (Wildman–Crippen LogP) is 3.13. The second-order valence-electron chi connectivity index (χ2n) is 5.38. The van der Waals surface area contributed by atoms with Gasteiger partial charge in [-0.2, -0.15) is 0 Å². The molecule has 2 aromatic carbocycles. The van der Waals surface area contributed by atoms with Crippen LogP contribution in [0.4, 0.5) is 0 Å². The summed E-state index contributed by atoms with van der Waals surface area (Å²) in [7, 11) is 3.35. The molecule has 110 valence electrons. The van der Waals surface area contributed by atoms with Gasteiger partial charge in [0, 0.05) is 24.6 Å². The van der Waals surface area contributed by atoms with Gasteiger partial charge in [0.2, 0.25) is 0 Å². The molecule has 0 heterocycles. The Labute approximate surface area is 125 Å². The molecule has 1 atom stereocenters. The summed E-state index contributed by atoms with van der Waals surface area (Å²) in [5.74, 6) is 2.24. The molecule has 0 aromatic heterocycles. The molecule has 1 unspecified atom stereocenters. The first-order valence-electron chi connectivity index (χ1n) is 7.32. The van der Waals surface area contributed by atoms with Crippen molar-refractivity contribution in [1.82, 2.24) is 5.32 Å². The van der Waals surface area contributed by atoms with Gasteiger partial charge in [0.1, 0.15) is 0 Å². The maximum atomic E-state index is 5.46. The number of nitrogens with one attached hydrogen (secondary N) is 1. The van der Waals surface area contributed by atoms with Gasteiger partial charge in [0.25, 0.3) is 0 Å². The quantitative estimate of drug-likeness (QED) is 0.883. The summed E-state index contributed by atoms with van der Waals surface area (Å²) < 4.78 is 10.8. The van der Waals surface area contributed by atoms with Gasteiger partial charge in [-0.15, -0.1) is 0 Å². The minimum absolute atomic E-state index is 0.637. The van der Waals surface area contributed by atoms with Gasteiger partial charge < -0.3 is 14.8 Å². The zero-order valence-corrected chi connectivity index (χ0v) is 12.6. The maximum absolute atomic E-state index is 5.46. The summed E-state index contributed by atoms with van der Waals surface area (Å²) in [5, 5.41) is 3.53. The third-order valence-electron chi connectivity index (χ3n) is 4.15. The summed E-state index contributed by atoms with van der Waals surface area (Å²) in [6.07, 6.45) is 1.18. The van der Waals surface area contributed by atoms with Crippen LogP contribution in [0.1, 0.15) is 22.6 Å². The molecule has 0 bridgehead atoms. The van der Waals surface area contributed by atoms with Gasteiger partial charge in [-0.05, 0) is 23.6 Å². The highest BCUT2D eigenvalue weighted by atomic mass is 16.5. The van der Waals surface area contributed by atoms with Gasteiger partial charge in [0.15, 0.2) is 11.5 Å². The van der Waals surface area contributed by atoms with Crippen molar-refractivity contribution in [2.45, 2.75) is 18.9 Å². The molecule has 0 radical (unpaired) electrons. The number of fused-ring (bicyclic) bond motifs is 1. The zero-order valence-electron chi connectivity index (χ0n) is 12.6. The summed E-state index contributed by atoms with van der Waals surface area (Å²) >= 11 is 0. The van der Waals surface area contributed by atoms with Crippen molar-refractivity contribution in [2.24, 2.45) is 0 Å². The fourth-order valence-electron chi connectivity index (χ4n) is 3.02. The zero-order chi connectivity index (χ0) is 14.7. The van der Waals surface area contributed by atoms with E-state index < -0.39 is 0 Å². The fraction of sp³-hybridized carbons (Fsp3) is 0.333. The summed E-state index contributed by atoms with van der Waals surface area (Å²) in [6, 6.07) is 14.7. The first-order valence-corrected chi connectivity index (χ1v) is 7.32. The van der Waals surface area contributed by atoms with Gasteiger partial charge >= 0.3 is 0 Å². The molecule has 1 aliphatic carbocycles. The lowest BCUT2D eigenvalue weighted by Crippen LogP contribution is -2.28. The Hall–Kier alpha value is -2.00. The highest BCUT2D eigenvalue weighted by molar-refractivity contribution is 5.46. The number of para-hydroxylation sites is 1. The molecular weight excluding hydrogens is 262 g/mol. The maximum Gasteiger partial charge on any atom is 0.165 e. The van der Waals surface area contributed by atoms with E-state index in [4.69, 9.17) is 9.47 Å². The van der Waals surface area contributed by atoms with Crippen LogP contribution in [0, 0.1) is 0 Å². The lowest BCUT2D eigenvalue weighted by molar-refractivity contribution is 0.350. The highest BCUT2D eigenvalue weighted by Crippen LogP contribution is 2.34. The number of hydrogen-bond donors (Lipinski definition) is 1. The van der Waals surface area contributed by atoms with Crippen LogP contribution >= 0.6 is 0 Å². The lowest BCUT2D eigenvalue weighted by atomic mass is 9.77. The molecule has 0 spiro atoms. The molecule has 1 N–H and O–H groups in total. The summed E-state index contributed by atoms with van der Waals surface area (Å²) in [6.45, 7) is 1.79. The van der Waals surface area contributed by atoms with Crippen LogP contribution in [0.2, 0.25) is 0 Å². The van der Waals surface area contributed by atoms with E-state index in [1.54, 1.807) is 14.2 Å². The van der Waals surface area contributed by atoms with E-state index in [1.165, 1.54) is 17.5 Å². The summed E-state index contributed by atoms with van der Waals surface area (Å²) in [5.41, 5.74) is 4.11. The van der Waals surface area contributed by atoms with Crippen LogP contribution < -0.4 is 14.8 Å². The monoisotopic (exact) mass is 283 g/mol. The number of ether oxygens (including phenoxy) is 2. The number of rotatable bonds is 6. The van der Waals surface area contributed by atoms with Crippen molar-refractivity contribution in [3.8, 4) is 11.5 Å². The van der Waals surface area contributed by atoms with Crippen LogP contribution in [-0.4, -0.2) is 20.8 Å². The van der Waals surface area contributed by atoms with E-state index in [0.717, 1.165) is 30.2 Å². The minimum atomic E-state index is 0.637. The Morgan fingerprint density at radius 3 is 2.67 bits per heavy atom. The molecule has 0 fully saturated rings. The minimum Gasteiger partial charge on any atom is -0.493 e. The second kappa shape index (κ2) is 6.19. The first-order chi connectivity index (χ1) is 10.3. The van der Waals surface area contributed by atoms with E-state index in [0.29, 0.717) is 5.92 Å². The third-order valence-corrected chi connectivity index (χ3v) is 4.15. The molecule has 0 aliphatic heterocycles. The van der Waals surface area contributed by atoms with Crippen molar-refractivity contribution in [3.05, 3.63) is 59.2 Å². The highest BCUT2D eigenvalue weighted by Gasteiger charge is 2.24. The van der Waals surface area contributed by atoms with Crippen LogP contribution in [0.3, 0.4) is 0 Å². The largest absolute Gasteiger partial charge is 0.493 e. The average Bonchev–Trinajstić information content (AvgIpc) is 2.51. The van der Waals surface area contributed by atoms with Gasteiger partial charge in [0.05, 0.1) is 14.2 Å². The fourth-order valence-corrected chi connectivity index (χ4v) is 3.02.